The maximum Gasteiger partial charge on any atom is 0.155 e. The highest BCUT2D eigenvalue weighted by Gasteiger charge is 1.99. The number of aromatic nitrogens is 3. The lowest BCUT2D eigenvalue weighted by atomic mass is 10.1. The Bertz CT molecular complexity index is 853. The van der Waals surface area contributed by atoms with Gasteiger partial charge in [-0.05, 0) is 24.6 Å². The molecule has 0 saturated heterocycles. The van der Waals surface area contributed by atoms with Gasteiger partial charge in [-0.3, -0.25) is 9.89 Å². The van der Waals surface area contributed by atoms with Crippen molar-refractivity contribution >= 4 is 17.3 Å². The van der Waals surface area contributed by atoms with Crippen LogP contribution in [0.2, 0.25) is 0 Å². The molecular weight excluding hydrogens is 250 g/mol. The number of carbonyl (C=O) groups excluding carboxylic acids is 1. The van der Waals surface area contributed by atoms with Gasteiger partial charge < -0.3 is 0 Å². The summed E-state index contributed by atoms with van der Waals surface area (Å²) in [5, 5.41) is 7.65. The predicted molar refractivity (Wildman–Crippen MR) is 76.4 cm³/mol. The number of fused-ring (bicyclic) bond motifs is 1. The number of benzene rings is 1. The first-order valence-corrected chi connectivity index (χ1v) is 6.13. The van der Waals surface area contributed by atoms with Crippen molar-refractivity contribution in [1.29, 1.82) is 0 Å². The summed E-state index contributed by atoms with van der Waals surface area (Å²) in [6.07, 6.45) is 4.24. The Labute approximate surface area is 115 Å². The third-order valence-corrected chi connectivity index (χ3v) is 3.03. The van der Waals surface area contributed by atoms with Gasteiger partial charge in [-0.1, -0.05) is 24.0 Å². The Kier molecular flexibility index (Phi) is 3.02. The lowest BCUT2D eigenvalue weighted by Crippen LogP contribution is -1.87. The molecule has 20 heavy (non-hydrogen) atoms. The van der Waals surface area contributed by atoms with E-state index in [1.807, 2.05) is 19.1 Å². The van der Waals surface area contributed by atoms with Gasteiger partial charge in [0.1, 0.15) is 6.29 Å². The Morgan fingerprint density at radius 2 is 2.10 bits per heavy atom. The Hall–Kier alpha value is -2.93. The summed E-state index contributed by atoms with van der Waals surface area (Å²) in [5.74, 6) is 6.15. The van der Waals surface area contributed by atoms with E-state index >= 15 is 0 Å². The third kappa shape index (κ3) is 2.29. The molecule has 0 unspecified atom stereocenters. The number of nitrogens with one attached hydrogen (secondary N) is 1. The van der Waals surface area contributed by atoms with Gasteiger partial charge in [-0.25, -0.2) is 4.98 Å². The average Bonchev–Trinajstić information content (AvgIpc) is 2.94. The maximum atomic E-state index is 10.8. The molecule has 1 N–H and O–H groups in total. The molecule has 0 bridgehead atoms. The Balaban J connectivity index is 2.00. The molecule has 0 fully saturated rings. The molecule has 0 aliphatic rings. The molecule has 0 saturated carbocycles. The standard InChI is InChI=1S/C16H11N3O/c1-11-2-3-13(10-20)7-14(11)5-4-12-6-15-9-18-19-16(15)17-8-12/h2-3,6-10H,1H3,(H,17,18,19). The van der Waals surface area contributed by atoms with E-state index < -0.39 is 0 Å². The van der Waals surface area contributed by atoms with Crippen LogP contribution in [-0.4, -0.2) is 21.5 Å². The minimum absolute atomic E-state index is 0.628. The number of aryl methyl sites for hydroxylation is 1. The molecule has 3 aromatic rings. The number of carbonyl (C=O) groups is 1. The molecule has 4 nitrogen and oxygen atoms in total. The van der Waals surface area contributed by atoms with E-state index in [4.69, 9.17) is 0 Å². The predicted octanol–water partition coefficient (Wildman–Crippen LogP) is 2.48. The normalized spacial score (nSPS) is 10.1. The van der Waals surface area contributed by atoms with E-state index in [1.165, 1.54) is 0 Å². The second kappa shape index (κ2) is 4.98. The molecule has 0 amide bonds. The molecule has 0 aliphatic heterocycles. The molecule has 0 spiro atoms. The lowest BCUT2D eigenvalue weighted by Gasteiger charge is -1.98. The van der Waals surface area contributed by atoms with Crippen LogP contribution in [0.15, 0.2) is 36.7 Å². The Morgan fingerprint density at radius 1 is 1.20 bits per heavy atom. The van der Waals surface area contributed by atoms with Gasteiger partial charge in [-0.2, -0.15) is 5.10 Å². The summed E-state index contributed by atoms with van der Waals surface area (Å²) in [4.78, 5) is 15.0. The highest BCUT2D eigenvalue weighted by molar-refractivity contribution is 5.76. The number of nitrogens with zero attached hydrogens (tertiary/aromatic N) is 2. The number of aromatic amines is 1. The highest BCUT2D eigenvalue weighted by Crippen LogP contribution is 2.11. The van der Waals surface area contributed by atoms with E-state index in [0.29, 0.717) is 5.56 Å². The van der Waals surface area contributed by atoms with E-state index in [0.717, 1.165) is 34.0 Å². The summed E-state index contributed by atoms with van der Waals surface area (Å²) in [5.41, 5.74) is 4.08. The van der Waals surface area contributed by atoms with Crippen LogP contribution in [0.4, 0.5) is 0 Å². The second-order valence-corrected chi connectivity index (χ2v) is 4.47. The van der Waals surface area contributed by atoms with Gasteiger partial charge in [0.2, 0.25) is 0 Å². The summed E-state index contributed by atoms with van der Waals surface area (Å²) in [7, 11) is 0. The van der Waals surface area contributed by atoms with E-state index in [1.54, 1.807) is 24.5 Å². The number of hydrogen-bond donors (Lipinski definition) is 1. The van der Waals surface area contributed by atoms with Crippen molar-refractivity contribution in [2.75, 3.05) is 0 Å². The minimum Gasteiger partial charge on any atom is -0.298 e. The van der Waals surface area contributed by atoms with E-state index in [9.17, 15) is 4.79 Å². The maximum absolute atomic E-state index is 10.8. The van der Waals surface area contributed by atoms with Gasteiger partial charge in [0, 0.05) is 28.3 Å². The summed E-state index contributed by atoms with van der Waals surface area (Å²) in [6, 6.07) is 7.40. The topological polar surface area (TPSA) is 58.6 Å². The van der Waals surface area contributed by atoms with E-state index in [2.05, 4.69) is 27.0 Å². The molecule has 3 rings (SSSR count). The molecular formula is C16H11N3O. The monoisotopic (exact) mass is 261 g/mol. The van der Waals surface area contributed by atoms with Crippen molar-refractivity contribution in [1.82, 2.24) is 15.2 Å². The third-order valence-electron chi connectivity index (χ3n) is 3.03. The number of rotatable bonds is 1. The van der Waals surface area contributed by atoms with Gasteiger partial charge in [0.15, 0.2) is 5.65 Å². The van der Waals surface area contributed by atoms with Crippen molar-refractivity contribution in [3.05, 3.63) is 58.9 Å². The van der Waals surface area contributed by atoms with Crippen LogP contribution >= 0.6 is 0 Å². The first kappa shape index (κ1) is 12.1. The van der Waals surface area contributed by atoms with Crippen LogP contribution in [-0.2, 0) is 0 Å². The van der Waals surface area contributed by atoms with Crippen molar-refractivity contribution in [2.45, 2.75) is 6.92 Å². The molecule has 96 valence electrons. The van der Waals surface area contributed by atoms with Gasteiger partial charge in [0.25, 0.3) is 0 Å². The highest BCUT2D eigenvalue weighted by atomic mass is 16.1. The van der Waals surface area contributed by atoms with Crippen molar-refractivity contribution < 1.29 is 4.79 Å². The molecule has 0 atom stereocenters. The number of hydrogen-bond acceptors (Lipinski definition) is 3. The SMILES string of the molecule is Cc1ccc(C=O)cc1C#Cc1cnc2[nH]ncc2c1. The first-order chi connectivity index (χ1) is 9.76. The Morgan fingerprint density at radius 3 is 2.95 bits per heavy atom. The second-order valence-electron chi connectivity index (χ2n) is 4.47. The summed E-state index contributed by atoms with van der Waals surface area (Å²) in [6.45, 7) is 1.97. The molecule has 4 heteroatoms. The van der Waals surface area contributed by atoms with Gasteiger partial charge in [0.05, 0.1) is 6.20 Å². The molecule has 2 aromatic heterocycles. The lowest BCUT2D eigenvalue weighted by molar-refractivity contribution is 0.112. The fourth-order valence-electron chi connectivity index (χ4n) is 1.89. The smallest absolute Gasteiger partial charge is 0.155 e. The molecule has 0 radical (unpaired) electrons. The first-order valence-electron chi connectivity index (χ1n) is 6.13. The zero-order valence-electron chi connectivity index (χ0n) is 10.8. The van der Waals surface area contributed by atoms with E-state index in [-0.39, 0.29) is 0 Å². The van der Waals surface area contributed by atoms with Crippen molar-refractivity contribution in [3.63, 3.8) is 0 Å². The number of pyridine rings is 1. The van der Waals surface area contributed by atoms with Crippen molar-refractivity contribution in [3.8, 4) is 11.8 Å². The number of aldehydes is 1. The van der Waals surface area contributed by atoms with Crippen LogP contribution in [0, 0.1) is 18.8 Å². The van der Waals surface area contributed by atoms with Crippen LogP contribution < -0.4 is 0 Å². The fourth-order valence-corrected chi connectivity index (χ4v) is 1.89. The summed E-state index contributed by atoms with van der Waals surface area (Å²) >= 11 is 0. The van der Waals surface area contributed by atoms with Crippen LogP contribution in [0.25, 0.3) is 11.0 Å². The van der Waals surface area contributed by atoms with Crippen LogP contribution in [0.1, 0.15) is 27.0 Å². The molecule has 1 aromatic carbocycles. The quantitative estimate of drug-likeness (QED) is 0.541. The summed E-state index contributed by atoms with van der Waals surface area (Å²) < 4.78 is 0. The van der Waals surface area contributed by atoms with Crippen LogP contribution in [0.5, 0.6) is 0 Å². The zero-order chi connectivity index (χ0) is 13.9. The number of H-pyrrole nitrogens is 1. The minimum atomic E-state index is 0.628. The zero-order valence-corrected chi connectivity index (χ0v) is 10.8. The largest absolute Gasteiger partial charge is 0.298 e. The molecule has 2 heterocycles. The van der Waals surface area contributed by atoms with Gasteiger partial charge in [-0.15, -0.1) is 0 Å². The average molecular weight is 261 g/mol. The van der Waals surface area contributed by atoms with Gasteiger partial charge >= 0.3 is 0 Å². The molecule has 0 aliphatic carbocycles. The van der Waals surface area contributed by atoms with Crippen molar-refractivity contribution in [2.24, 2.45) is 0 Å². The fraction of sp³-hybridized carbons (Fsp3) is 0.0625. The van der Waals surface area contributed by atoms with Crippen LogP contribution in [0.3, 0.4) is 0 Å².